The van der Waals surface area contributed by atoms with Gasteiger partial charge in [0.15, 0.2) is 0 Å². The molecule has 0 radical (unpaired) electrons. The standard InChI is InChI=1S/C21H26N4O2/c1-22(2)9-14-25-20(26)16-6-4-5-15-18(24-12-10-23(3)11-13-24)8-7-17(19(15)16)21(25)27/h4-8H,9-14H2,1-3H3. The van der Waals surface area contributed by atoms with Crippen LogP contribution in [0.2, 0.25) is 0 Å². The summed E-state index contributed by atoms with van der Waals surface area (Å²) in [6.07, 6.45) is 0. The molecule has 6 nitrogen and oxygen atoms in total. The lowest BCUT2D eigenvalue weighted by Gasteiger charge is -2.35. The minimum absolute atomic E-state index is 0.185. The van der Waals surface area contributed by atoms with Crippen LogP contribution in [0.4, 0.5) is 5.69 Å². The third kappa shape index (κ3) is 3.09. The first-order chi connectivity index (χ1) is 13.0. The van der Waals surface area contributed by atoms with E-state index in [4.69, 9.17) is 0 Å². The zero-order valence-electron chi connectivity index (χ0n) is 16.2. The number of imide groups is 1. The van der Waals surface area contributed by atoms with E-state index in [0.29, 0.717) is 24.2 Å². The van der Waals surface area contributed by atoms with Crippen molar-refractivity contribution >= 4 is 28.3 Å². The van der Waals surface area contributed by atoms with Crippen LogP contribution in [0, 0.1) is 0 Å². The normalized spacial score (nSPS) is 18.1. The van der Waals surface area contributed by atoms with Gasteiger partial charge in [0.05, 0.1) is 0 Å². The minimum atomic E-state index is -0.185. The lowest BCUT2D eigenvalue weighted by atomic mass is 9.92. The number of carbonyl (C=O) groups is 2. The van der Waals surface area contributed by atoms with Crippen molar-refractivity contribution in [1.29, 1.82) is 0 Å². The van der Waals surface area contributed by atoms with Crippen molar-refractivity contribution in [1.82, 2.24) is 14.7 Å². The van der Waals surface area contributed by atoms with E-state index in [-0.39, 0.29) is 11.8 Å². The topological polar surface area (TPSA) is 47.1 Å². The van der Waals surface area contributed by atoms with Crippen molar-refractivity contribution in [2.24, 2.45) is 0 Å². The summed E-state index contributed by atoms with van der Waals surface area (Å²) in [4.78, 5) is 34.1. The Morgan fingerprint density at radius 3 is 2.26 bits per heavy atom. The molecule has 2 amide bonds. The zero-order valence-corrected chi connectivity index (χ0v) is 16.2. The summed E-state index contributed by atoms with van der Waals surface area (Å²) in [5.74, 6) is -0.369. The van der Waals surface area contributed by atoms with Gasteiger partial charge in [0.25, 0.3) is 11.8 Å². The van der Waals surface area contributed by atoms with Crippen molar-refractivity contribution in [2.45, 2.75) is 0 Å². The number of amides is 2. The van der Waals surface area contributed by atoms with Crippen LogP contribution in [-0.4, -0.2) is 86.9 Å². The SMILES string of the molecule is CN(C)CCN1C(=O)c2cccc3c(N4CCN(C)CC4)ccc(c23)C1=O. The van der Waals surface area contributed by atoms with Crippen molar-refractivity contribution < 1.29 is 9.59 Å². The summed E-state index contributed by atoms with van der Waals surface area (Å²) in [5.41, 5.74) is 2.39. The molecule has 27 heavy (non-hydrogen) atoms. The Balaban J connectivity index is 1.77. The Labute approximate surface area is 159 Å². The van der Waals surface area contributed by atoms with E-state index < -0.39 is 0 Å². The van der Waals surface area contributed by atoms with E-state index in [1.165, 1.54) is 4.90 Å². The highest BCUT2D eigenvalue weighted by Gasteiger charge is 2.33. The van der Waals surface area contributed by atoms with Gasteiger partial charge in [-0.3, -0.25) is 14.5 Å². The first kappa shape index (κ1) is 17.9. The lowest BCUT2D eigenvalue weighted by molar-refractivity contribution is 0.0601. The Morgan fingerprint density at radius 1 is 0.926 bits per heavy atom. The Kier molecular flexibility index (Phi) is 4.61. The minimum Gasteiger partial charge on any atom is -0.368 e. The van der Waals surface area contributed by atoms with Crippen LogP contribution >= 0.6 is 0 Å². The highest BCUT2D eigenvalue weighted by atomic mass is 16.2. The molecular weight excluding hydrogens is 340 g/mol. The molecule has 2 heterocycles. The monoisotopic (exact) mass is 366 g/mol. The van der Waals surface area contributed by atoms with Crippen molar-refractivity contribution in [3.05, 3.63) is 41.5 Å². The van der Waals surface area contributed by atoms with Gasteiger partial charge in [-0.25, -0.2) is 0 Å². The molecule has 0 saturated carbocycles. The smallest absolute Gasteiger partial charge is 0.261 e. The summed E-state index contributed by atoms with van der Waals surface area (Å²) in [6.45, 7) is 4.99. The fourth-order valence-electron chi connectivity index (χ4n) is 3.96. The number of likely N-dealkylation sites (N-methyl/N-ethyl adjacent to an activating group) is 2. The fraction of sp³-hybridized carbons (Fsp3) is 0.429. The van der Waals surface area contributed by atoms with Crippen LogP contribution in [-0.2, 0) is 0 Å². The second-order valence-corrected chi connectivity index (χ2v) is 7.72. The molecule has 2 aromatic carbocycles. The first-order valence-electron chi connectivity index (χ1n) is 9.47. The number of rotatable bonds is 4. The highest BCUT2D eigenvalue weighted by molar-refractivity contribution is 6.26. The molecule has 142 valence electrons. The largest absolute Gasteiger partial charge is 0.368 e. The second-order valence-electron chi connectivity index (χ2n) is 7.72. The third-order valence-corrected chi connectivity index (χ3v) is 5.58. The molecular formula is C21H26N4O2. The summed E-state index contributed by atoms with van der Waals surface area (Å²) >= 11 is 0. The summed E-state index contributed by atoms with van der Waals surface area (Å²) < 4.78 is 0. The predicted molar refractivity (Wildman–Crippen MR) is 108 cm³/mol. The molecule has 4 rings (SSSR count). The number of carbonyl (C=O) groups excluding carboxylic acids is 2. The van der Waals surface area contributed by atoms with Gasteiger partial charge in [-0.1, -0.05) is 12.1 Å². The Bertz CT molecular complexity index is 878. The van der Waals surface area contributed by atoms with Crippen LogP contribution in [0.3, 0.4) is 0 Å². The van der Waals surface area contributed by atoms with E-state index >= 15 is 0 Å². The van der Waals surface area contributed by atoms with Gasteiger partial charge in [-0.2, -0.15) is 0 Å². The quantitative estimate of drug-likeness (QED) is 0.772. The summed E-state index contributed by atoms with van der Waals surface area (Å²) in [5, 5.41) is 1.81. The van der Waals surface area contributed by atoms with Crippen molar-refractivity contribution in [2.75, 3.05) is 65.3 Å². The molecule has 0 spiro atoms. The molecule has 0 aliphatic carbocycles. The van der Waals surface area contributed by atoms with Crippen molar-refractivity contribution in [3.8, 4) is 0 Å². The van der Waals surface area contributed by atoms with Gasteiger partial charge in [0.1, 0.15) is 0 Å². The average Bonchev–Trinajstić information content (AvgIpc) is 2.66. The van der Waals surface area contributed by atoms with E-state index in [9.17, 15) is 9.59 Å². The van der Waals surface area contributed by atoms with Gasteiger partial charge in [-0.05, 0) is 39.3 Å². The van der Waals surface area contributed by atoms with E-state index in [2.05, 4.69) is 16.8 Å². The Hall–Kier alpha value is -2.44. The van der Waals surface area contributed by atoms with Crippen LogP contribution in [0.25, 0.3) is 10.8 Å². The molecule has 0 unspecified atom stereocenters. The molecule has 6 heteroatoms. The van der Waals surface area contributed by atoms with Gasteiger partial charge in [0.2, 0.25) is 0 Å². The molecule has 2 aliphatic rings. The van der Waals surface area contributed by atoms with Crippen LogP contribution in [0.15, 0.2) is 30.3 Å². The second kappa shape index (κ2) is 6.94. The number of piperazine rings is 1. The Morgan fingerprint density at radius 2 is 1.59 bits per heavy atom. The molecule has 0 N–H and O–H groups in total. The summed E-state index contributed by atoms with van der Waals surface area (Å²) in [7, 11) is 6.01. The van der Waals surface area contributed by atoms with Crippen LogP contribution in [0.5, 0.6) is 0 Å². The molecule has 0 aromatic heterocycles. The maximum atomic E-state index is 13.0. The molecule has 2 aliphatic heterocycles. The molecule has 0 bridgehead atoms. The maximum Gasteiger partial charge on any atom is 0.261 e. The van der Waals surface area contributed by atoms with Crippen LogP contribution in [0.1, 0.15) is 20.7 Å². The van der Waals surface area contributed by atoms with Gasteiger partial charge < -0.3 is 14.7 Å². The molecule has 1 saturated heterocycles. The number of anilines is 1. The number of hydrogen-bond acceptors (Lipinski definition) is 5. The van der Waals surface area contributed by atoms with Crippen molar-refractivity contribution in [3.63, 3.8) is 0 Å². The zero-order chi connectivity index (χ0) is 19.1. The predicted octanol–water partition coefficient (Wildman–Crippen LogP) is 1.75. The molecule has 1 fully saturated rings. The summed E-state index contributed by atoms with van der Waals surface area (Å²) in [6, 6.07) is 9.75. The van der Waals surface area contributed by atoms with Gasteiger partial charge in [0, 0.05) is 66.9 Å². The lowest BCUT2D eigenvalue weighted by Crippen LogP contribution is -2.45. The fourth-order valence-corrected chi connectivity index (χ4v) is 3.96. The maximum absolute atomic E-state index is 13.0. The molecule has 2 aromatic rings. The van der Waals surface area contributed by atoms with Gasteiger partial charge >= 0.3 is 0 Å². The third-order valence-electron chi connectivity index (χ3n) is 5.58. The van der Waals surface area contributed by atoms with Gasteiger partial charge in [-0.15, -0.1) is 0 Å². The first-order valence-corrected chi connectivity index (χ1v) is 9.47. The average molecular weight is 366 g/mol. The number of nitrogens with zero attached hydrogens (tertiary/aromatic N) is 4. The number of hydrogen-bond donors (Lipinski definition) is 0. The van der Waals surface area contributed by atoms with E-state index in [0.717, 1.165) is 42.6 Å². The van der Waals surface area contributed by atoms with E-state index in [1.807, 2.05) is 49.3 Å². The molecule has 0 atom stereocenters. The van der Waals surface area contributed by atoms with E-state index in [1.54, 1.807) is 0 Å². The number of benzene rings is 2. The highest BCUT2D eigenvalue weighted by Crippen LogP contribution is 2.36. The van der Waals surface area contributed by atoms with Crippen LogP contribution < -0.4 is 4.90 Å².